The van der Waals surface area contributed by atoms with Crippen LogP contribution in [-0.4, -0.2) is 29.9 Å². The number of fused-ring (bicyclic) bond motifs is 1. The summed E-state index contributed by atoms with van der Waals surface area (Å²) in [6.45, 7) is 2.20. The third-order valence-corrected chi connectivity index (χ3v) is 3.74. The molecule has 20 heavy (non-hydrogen) atoms. The molecule has 0 N–H and O–H groups in total. The summed E-state index contributed by atoms with van der Waals surface area (Å²) in [6.07, 6.45) is 3.78. The Morgan fingerprint density at radius 3 is 3.15 bits per heavy atom. The summed E-state index contributed by atoms with van der Waals surface area (Å²) in [5.74, 6) is 0.963. The average Bonchev–Trinajstić information content (AvgIpc) is 2.50. The van der Waals surface area contributed by atoms with Crippen LogP contribution in [0, 0.1) is 5.92 Å². The van der Waals surface area contributed by atoms with E-state index in [0.29, 0.717) is 29.1 Å². The smallest absolute Gasteiger partial charge is 0.264 e. The second kappa shape index (κ2) is 5.63. The highest BCUT2D eigenvalue weighted by molar-refractivity contribution is 5.83. The van der Waals surface area contributed by atoms with Gasteiger partial charge < -0.3 is 9.47 Å². The van der Waals surface area contributed by atoms with Crippen molar-refractivity contribution in [1.82, 2.24) is 9.55 Å². The monoisotopic (exact) mass is 274 g/mol. The van der Waals surface area contributed by atoms with Crippen LogP contribution in [0.3, 0.4) is 0 Å². The first-order valence-corrected chi connectivity index (χ1v) is 6.89. The molecule has 1 saturated heterocycles. The lowest BCUT2D eigenvalue weighted by Crippen LogP contribution is -2.28. The second-order valence-corrected chi connectivity index (χ2v) is 5.14. The molecule has 1 aromatic heterocycles. The van der Waals surface area contributed by atoms with Gasteiger partial charge in [-0.15, -0.1) is 0 Å². The van der Waals surface area contributed by atoms with E-state index in [-0.39, 0.29) is 5.56 Å². The summed E-state index contributed by atoms with van der Waals surface area (Å²) in [5, 5.41) is 0.550. The Bertz CT molecular complexity index is 660. The van der Waals surface area contributed by atoms with E-state index >= 15 is 0 Å². The van der Waals surface area contributed by atoms with Crippen LogP contribution in [0.4, 0.5) is 0 Å². The Labute approximate surface area is 117 Å². The molecule has 5 nitrogen and oxygen atoms in total. The molecule has 0 unspecified atom stereocenters. The SMILES string of the molecule is COc1cccc2ncn(C[C@@H]3CCCOC3)c(=O)c12. The van der Waals surface area contributed by atoms with Gasteiger partial charge >= 0.3 is 0 Å². The van der Waals surface area contributed by atoms with Crippen molar-refractivity contribution in [3.63, 3.8) is 0 Å². The van der Waals surface area contributed by atoms with E-state index < -0.39 is 0 Å². The van der Waals surface area contributed by atoms with Crippen molar-refractivity contribution in [2.75, 3.05) is 20.3 Å². The first kappa shape index (κ1) is 13.1. The predicted molar refractivity (Wildman–Crippen MR) is 76.1 cm³/mol. The normalized spacial score (nSPS) is 19.1. The number of nitrogens with zero attached hydrogens (tertiary/aromatic N) is 2. The summed E-state index contributed by atoms with van der Waals surface area (Å²) in [4.78, 5) is 16.9. The van der Waals surface area contributed by atoms with Gasteiger partial charge in [0.25, 0.3) is 5.56 Å². The quantitative estimate of drug-likeness (QED) is 0.857. The Morgan fingerprint density at radius 2 is 2.40 bits per heavy atom. The topological polar surface area (TPSA) is 53.4 Å². The van der Waals surface area contributed by atoms with Crippen molar-refractivity contribution in [3.05, 3.63) is 34.9 Å². The van der Waals surface area contributed by atoms with Gasteiger partial charge in [-0.1, -0.05) is 6.07 Å². The first-order valence-electron chi connectivity index (χ1n) is 6.89. The standard InChI is InChI=1S/C15H18N2O3/c1-19-13-6-2-5-12-14(13)15(18)17(10-16-12)8-11-4-3-7-20-9-11/h2,5-6,10-11H,3-4,7-9H2,1H3/t11-/m0/s1. The minimum atomic E-state index is -0.0435. The van der Waals surface area contributed by atoms with E-state index in [1.165, 1.54) is 0 Å². The lowest BCUT2D eigenvalue weighted by Gasteiger charge is -2.22. The first-order chi connectivity index (χ1) is 9.79. The molecule has 1 aromatic carbocycles. The third kappa shape index (κ3) is 2.41. The van der Waals surface area contributed by atoms with Crippen molar-refractivity contribution >= 4 is 10.9 Å². The van der Waals surface area contributed by atoms with Crippen molar-refractivity contribution in [2.24, 2.45) is 5.92 Å². The van der Waals surface area contributed by atoms with E-state index in [9.17, 15) is 4.79 Å². The molecule has 3 rings (SSSR count). The molecular formula is C15H18N2O3. The van der Waals surface area contributed by atoms with Gasteiger partial charge in [-0.3, -0.25) is 9.36 Å². The van der Waals surface area contributed by atoms with Gasteiger partial charge in [0.05, 0.1) is 25.6 Å². The van der Waals surface area contributed by atoms with Crippen molar-refractivity contribution in [2.45, 2.75) is 19.4 Å². The fraction of sp³-hybridized carbons (Fsp3) is 0.467. The van der Waals surface area contributed by atoms with Gasteiger partial charge in [0.1, 0.15) is 11.1 Å². The van der Waals surface area contributed by atoms with E-state index in [2.05, 4.69) is 4.98 Å². The van der Waals surface area contributed by atoms with E-state index in [1.54, 1.807) is 24.1 Å². The lowest BCUT2D eigenvalue weighted by molar-refractivity contribution is 0.0479. The minimum absolute atomic E-state index is 0.0435. The number of hydrogen-bond acceptors (Lipinski definition) is 4. The third-order valence-electron chi connectivity index (χ3n) is 3.74. The summed E-state index contributed by atoms with van der Waals surface area (Å²) in [6, 6.07) is 5.46. The number of hydrogen-bond donors (Lipinski definition) is 0. The molecule has 0 radical (unpaired) electrons. The van der Waals surface area contributed by atoms with Gasteiger partial charge in [-0.05, 0) is 25.0 Å². The number of benzene rings is 1. The molecule has 1 aliphatic heterocycles. The minimum Gasteiger partial charge on any atom is -0.496 e. The van der Waals surface area contributed by atoms with Crippen LogP contribution in [0.15, 0.2) is 29.3 Å². The highest BCUT2D eigenvalue weighted by atomic mass is 16.5. The number of methoxy groups -OCH3 is 1. The molecule has 5 heteroatoms. The largest absolute Gasteiger partial charge is 0.496 e. The van der Waals surface area contributed by atoms with Crippen molar-refractivity contribution in [3.8, 4) is 5.75 Å². The summed E-state index contributed by atoms with van der Waals surface area (Å²) >= 11 is 0. The zero-order valence-electron chi connectivity index (χ0n) is 11.5. The lowest BCUT2D eigenvalue weighted by atomic mass is 10.0. The van der Waals surface area contributed by atoms with Crippen molar-refractivity contribution < 1.29 is 9.47 Å². The summed E-state index contributed by atoms with van der Waals surface area (Å²) in [7, 11) is 1.57. The molecule has 0 spiro atoms. The van der Waals surface area contributed by atoms with Gasteiger partial charge in [0, 0.05) is 19.1 Å². The zero-order valence-corrected chi connectivity index (χ0v) is 11.5. The summed E-state index contributed by atoms with van der Waals surface area (Å²) < 4.78 is 12.4. The Morgan fingerprint density at radius 1 is 1.50 bits per heavy atom. The fourth-order valence-electron chi connectivity index (χ4n) is 2.70. The highest BCUT2D eigenvalue weighted by Gasteiger charge is 2.16. The molecule has 0 saturated carbocycles. The van der Waals surface area contributed by atoms with E-state index in [1.807, 2.05) is 12.1 Å². The molecule has 2 heterocycles. The van der Waals surface area contributed by atoms with E-state index in [4.69, 9.17) is 9.47 Å². The predicted octanol–water partition coefficient (Wildman–Crippen LogP) is 1.83. The van der Waals surface area contributed by atoms with Crippen LogP contribution in [0.5, 0.6) is 5.75 Å². The molecule has 1 fully saturated rings. The van der Waals surface area contributed by atoms with Crippen LogP contribution in [-0.2, 0) is 11.3 Å². The number of ether oxygens (including phenoxy) is 2. The Kier molecular flexibility index (Phi) is 3.69. The maximum absolute atomic E-state index is 12.6. The molecule has 0 bridgehead atoms. The zero-order chi connectivity index (χ0) is 13.9. The number of rotatable bonds is 3. The van der Waals surface area contributed by atoms with Crippen LogP contribution >= 0.6 is 0 Å². The molecular weight excluding hydrogens is 256 g/mol. The molecule has 2 aromatic rings. The van der Waals surface area contributed by atoms with Gasteiger partial charge in [-0.25, -0.2) is 4.98 Å². The van der Waals surface area contributed by atoms with Gasteiger partial charge in [-0.2, -0.15) is 0 Å². The van der Waals surface area contributed by atoms with Crippen LogP contribution in [0.2, 0.25) is 0 Å². The van der Waals surface area contributed by atoms with E-state index in [0.717, 1.165) is 26.1 Å². The van der Waals surface area contributed by atoms with Crippen LogP contribution in [0.1, 0.15) is 12.8 Å². The average molecular weight is 274 g/mol. The Hall–Kier alpha value is -1.88. The molecule has 1 atom stereocenters. The maximum atomic E-state index is 12.6. The molecule has 0 amide bonds. The number of aromatic nitrogens is 2. The molecule has 106 valence electrons. The van der Waals surface area contributed by atoms with Crippen LogP contribution in [0.25, 0.3) is 10.9 Å². The molecule has 1 aliphatic rings. The Balaban J connectivity index is 1.99. The van der Waals surface area contributed by atoms with Crippen molar-refractivity contribution in [1.29, 1.82) is 0 Å². The van der Waals surface area contributed by atoms with Gasteiger partial charge in [0.2, 0.25) is 0 Å². The maximum Gasteiger partial charge on any atom is 0.264 e. The van der Waals surface area contributed by atoms with Crippen LogP contribution < -0.4 is 10.3 Å². The molecule has 0 aliphatic carbocycles. The highest BCUT2D eigenvalue weighted by Crippen LogP contribution is 2.20. The second-order valence-electron chi connectivity index (χ2n) is 5.14. The fourth-order valence-corrected chi connectivity index (χ4v) is 2.70. The summed E-state index contributed by atoms with van der Waals surface area (Å²) in [5.41, 5.74) is 0.628. The van der Waals surface area contributed by atoms with Gasteiger partial charge in [0.15, 0.2) is 0 Å².